The SMILES string of the molecule is CCOc1cc(-c2ncc3cc(-n4ccnc4)ccc3n2)ccc1C. The second kappa shape index (κ2) is 6.36. The van der Waals surface area contributed by atoms with Crippen molar-refractivity contribution in [2.75, 3.05) is 6.61 Å². The molecule has 0 bridgehead atoms. The fourth-order valence-corrected chi connectivity index (χ4v) is 2.78. The van der Waals surface area contributed by atoms with Crippen molar-refractivity contribution in [3.63, 3.8) is 0 Å². The van der Waals surface area contributed by atoms with E-state index in [1.807, 2.05) is 61.1 Å². The van der Waals surface area contributed by atoms with E-state index in [9.17, 15) is 0 Å². The Morgan fingerprint density at radius 2 is 2.04 bits per heavy atom. The molecule has 5 nitrogen and oxygen atoms in total. The molecule has 0 aliphatic rings. The first kappa shape index (κ1) is 15.3. The van der Waals surface area contributed by atoms with Crippen LogP contribution in [-0.4, -0.2) is 26.1 Å². The number of rotatable bonds is 4. The van der Waals surface area contributed by atoms with Crippen LogP contribution in [-0.2, 0) is 0 Å². The summed E-state index contributed by atoms with van der Waals surface area (Å²) in [4.78, 5) is 13.3. The Kier molecular flexibility index (Phi) is 3.90. The summed E-state index contributed by atoms with van der Waals surface area (Å²) in [6, 6.07) is 12.2. The summed E-state index contributed by atoms with van der Waals surface area (Å²) in [6.45, 7) is 4.66. The van der Waals surface area contributed by atoms with Crippen molar-refractivity contribution in [2.45, 2.75) is 13.8 Å². The van der Waals surface area contributed by atoms with Gasteiger partial charge in [0.2, 0.25) is 0 Å². The van der Waals surface area contributed by atoms with Gasteiger partial charge in [-0.05, 0) is 43.7 Å². The Morgan fingerprint density at radius 3 is 2.84 bits per heavy atom. The highest BCUT2D eigenvalue weighted by Gasteiger charge is 2.08. The molecule has 0 amide bonds. The highest BCUT2D eigenvalue weighted by atomic mass is 16.5. The third-order valence-corrected chi connectivity index (χ3v) is 4.11. The summed E-state index contributed by atoms with van der Waals surface area (Å²) in [5.74, 6) is 1.57. The van der Waals surface area contributed by atoms with Gasteiger partial charge in [-0.1, -0.05) is 12.1 Å². The van der Waals surface area contributed by atoms with Crippen molar-refractivity contribution in [1.29, 1.82) is 0 Å². The lowest BCUT2D eigenvalue weighted by atomic mass is 10.1. The van der Waals surface area contributed by atoms with E-state index >= 15 is 0 Å². The van der Waals surface area contributed by atoms with Crippen LogP contribution in [0.2, 0.25) is 0 Å². The molecule has 2 heterocycles. The predicted molar refractivity (Wildman–Crippen MR) is 98.0 cm³/mol. The topological polar surface area (TPSA) is 52.8 Å². The van der Waals surface area contributed by atoms with E-state index < -0.39 is 0 Å². The average molecular weight is 330 g/mol. The third kappa shape index (κ3) is 2.96. The maximum atomic E-state index is 5.68. The zero-order valence-electron chi connectivity index (χ0n) is 14.2. The number of hydrogen-bond acceptors (Lipinski definition) is 4. The third-order valence-electron chi connectivity index (χ3n) is 4.11. The molecule has 5 heteroatoms. The number of hydrogen-bond donors (Lipinski definition) is 0. The fraction of sp³-hybridized carbons (Fsp3) is 0.150. The van der Waals surface area contributed by atoms with Gasteiger partial charge in [-0.3, -0.25) is 0 Å². The maximum absolute atomic E-state index is 5.68. The van der Waals surface area contributed by atoms with Gasteiger partial charge >= 0.3 is 0 Å². The van der Waals surface area contributed by atoms with Gasteiger partial charge in [-0.15, -0.1) is 0 Å². The molecule has 2 aromatic carbocycles. The summed E-state index contributed by atoms with van der Waals surface area (Å²) in [7, 11) is 0. The molecule has 0 radical (unpaired) electrons. The first-order valence-electron chi connectivity index (χ1n) is 8.23. The molecule has 0 unspecified atom stereocenters. The number of nitrogens with zero attached hydrogens (tertiary/aromatic N) is 4. The molecule has 0 spiro atoms. The van der Waals surface area contributed by atoms with E-state index in [0.717, 1.165) is 33.5 Å². The number of aryl methyl sites for hydroxylation is 1. The molecular weight excluding hydrogens is 312 g/mol. The first-order chi connectivity index (χ1) is 12.2. The van der Waals surface area contributed by atoms with E-state index in [0.29, 0.717) is 12.4 Å². The van der Waals surface area contributed by atoms with E-state index in [1.165, 1.54) is 0 Å². The Labute approximate surface area is 146 Å². The Bertz CT molecular complexity index is 1030. The number of imidazole rings is 1. The smallest absolute Gasteiger partial charge is 0.159 e. The molecule has 4 rings (SSSR count). The lowest BCUT2D eigenvalue weighted by molar-refractivity contribution is 0.338. The minimum atomic E-state index is 0.639. The van der Waals surface area contributed by atoms with E-state index in [4.69, 9.17) is 9.72 Å². The van der Waals surface area contributed by atoms with Crippen molar-refractivity contribution in [3.8, 4) is 22.8 Å². The normalized spacial score (nSPS) is 11.0. The van der Waals surface area contributed by atoms with Crippen LogP contribution in [0.25, 0.3) is 28.0 Å². The molecule has 0 N–H and O–H groups in total. The van der Waals surface area contributed by atoms with E-state index in [2.05, 4.69) is 16.0 Å². The molecule has 2 aromatic heterocycles. The lowest BCUT2D eigenvalue weighted by Gasteiger charge is -2.09. The molecule has 4 aromatic rings. The van der Waals surface area contributed by atoms with Gasteiger partial charge in [0, 0.05) is 35.2 Å². The minimum Gasteiger partial charge on any atom is -0.494 e. The van der Waals surface area contributed by atoms with Crippen LogP contribution in [0.15, 0.2) is 61.3 Å². The molecule has 0 atom stereocenters. The van der Waals surface area contributed by atoms with Crippen LogP contribution < -0.4 is 4.74 Å². The van der Waals surface area contributed by atoms with Gasteiger partial charge in [0.15, 0.2) is 5.82 Å². The average Bonchev–Trinajstić information content (AvgIpc) is 3.17. The van der Waals surface area contributed by atoms with Gasteiger partial charge in [-0.2, -0.15) is 0 Å². The van der Waals surface area contributed by atoms with Crippen LogP contribution in [0, 0.1) is 6.92 Å². The zero-order valence-corrected chi connectivity index (χ0v) is 14.2. The fourth-order valence-electron chi connectivity index (χ4n) is 2.78. The van der Waals surface area contributed by atoms with Crippen LogP contribution in [0.1, 0.15) is 12.5 Å². The number of aromatic nitrogens is 4. The Hall–Kier alpha value is -3.21. The Morgan fingerprint density at radius 1 is 1.12 bits per heavy atom. The standard InChI is InChI=1S/C20H18N4O/c1-3-25-19-11-15(5-4-14(19)2)20-22-12-16-10-17(6-7-18(16)23-20)24-9-8-21-13-24/h4-13H,3H2,1-2H3. The molecule has 0 aliphatic heterocycles. The summed E-state index contributed by atoms with van der Waals surface area (Å²) in [6.07, 6.45) is 7.31. The van der Waals surface area contributed by atoms with Gasteiger partial charge < -0.3 is 9.30 Å². The molecule has 0 saturated heterocycles. The highest BCUT2D eigenvalue weighted by Crippen LogP contribution is 2.26. The molecular formula is C20H18N4O. The number of benzene rings is 2. The molecule has 0 aliphatic carbocycles. The second-order valence-corrected chi connectivity index (χ2v) is 5.82. The number of fused-ring (bicyclic) bond motifs is 1. The summed E-state index contributed by atoms with van der Waals surface area (Å²) >= 11 is 0. The predicted octanol–water partition coefficient (Wildman–Crippen LogP) is 4.19. The molecule has 124 valence electrons. The second-order valence-electron chi connectivity index (χ2n) is 5.82. The van der Waals surface area contributed by atoms with Crippen molar-refractivity contribution in [2.24, 2.45) is 0 Å². The first-order valence-corrected chi connectivity index (χ1v) is 8.23. The van der Waals surface area contributed by atoms with Crippen LogP contribution in [0.5, 0.6) is 5.75 Å². The van der Waals surface area contributed by atoms with E-state index in [-0.39, 0.29) is 0 Å². The van der Waals surface area contributed by atoms with Crippen molar-refractivity contribution < 1.29 is 4.74 Å². The van der Waals surface area contributed by atoms with Gasteiger partial charge in [-0.25, -0.2) is 15.0 Å². The zero-order chi connectivity index (χ0) is 17.2. The van der Waals surface area contributed by atoms with Gasteiger partial charge in [0.05, 0.1) is 18.5 Å². The maximum Gasteiger partial charge on any atom is 0.159 e. The molecule has 0 fully saturated rings. The van der Waals surface area contributed by atoms with Crippen molar-refractivity contribution in [1.82, 2.24) is 19.5 Å². The lowest BCUT2D eigenvalue weighted by Crippen LogP contribution is -1.96. The minimum absolute atomic E-state index is 0.639. The van der Waals surface area contributed by atoms with Crippen LogP contribution >= 0.6 is 0 Å². The van der Waals surface area contributed by atoms with E-state index in [1.54, 1.807) is 12.5 Å². The van der Waals surface area contributed by atoms with Gasteiger partial charge in [0.1, 0.15) is 5.75 Å². The van der Waals surface area contributed by atoms with Crippen LogP contribution in [0.4, 0.5) is 0 Å². The van der Waals surface area contributed by atoms with Gasteiger partial charge in [0.25, 0.3) is 0 Å². The highest BCUT2D eigenvalue weighted by molar-refractivity contribution is 5.81. The van der Waals surface area contributed by atoms with Crippen molar-refractivity contribution >= 4 is 10.9 Å². The number of ether oxygens (including phenoxy) is 1. The monoisotopic (exact) mass is 330 g/mol. The molecule has 25 heavy (non-hydrogen) atoms. The quantitative estimate of drug-likeness (QED) is 0.563. The Balaban J connectivity index is 1.74. The molecule has 0 saturated carbocycles. The van der Waals surface area contributed by atoms with Crippen LogP contribution in [0.3, 0.4) is 0 Å². The van der Waals surface area contributed by atoms with Crippen molar-refractivity contribution in [3.05, 3.63) is 66.9 Å². The summed E-state index contributed by atoms with van der Waals surface area (Å²) in [5.41, 5.74) is 4.01. The summed E-state index contributed by atoms with van der Waals surface area (Å²) in [5, 5.41) is 0.993. The largest absolute Gasteiger partial charge is 0.494 e. The summed E-state index contributed by atoms with van der Waals surface area (Å²) < 4.78 is 7.64.